The second kappa shape index (κ2) is 5.19. The SMILES string of the molecule is CN(c1ccc(Br)cc1CO)C1CCS(=O)(=O)C1. The van der Waals surface area contributed by atoms with E-state index < -0.39 is 9.84 Å². The molecule has 0 saturated carbocycles. The molecule has 0 aromatic heterocycles. The molecule has 1 saturated heterocycles. The maximum absolute atomic E-state index is 11.5. The first-order valence-electron chi connectivity index (χ1n) is 5.75. The summed E-state index contributed by atoms with van der Waals surface area (Å²) in [4.78, 5) is 1.96. The Labute approximate surface area is 116 Å². The van der Waals surface area contributed by atoms with E-state index in [1.807, 2.05) is 30.1 Å². The van der Waals surface area contributed by atoms with Crippen LogP contribution >= 0.6 is 15.9 Å². The van der Waals surface area contributed by atoms with Gasteiger partial charge in [-0.1, -0.05) is 15.9 Å². The maximum Gasteiger partial charge on any atom is 0.152 e. The molecule has 1 heterocycles. The second-order valence-electron chi connectivity index (χ2n) is 4.60. The minimum atomic E-state index is -2.89. The van der Waals surface area contributed by atoms with E-state index in [0.29, 0.717) is 6.42 Å². The molecule has 0 radical (unpaired) electrons. The molecule has 1 N–H and O–H groups in total. The van der Waals surface area contributed by atoms with Gasteiger partial charge >= 0.3 is 0 Å². The smallest absolute Gasteiger partial charge is 0.152 e. The number of hydrogen-bond acceptors (Lipinski definition) is 4. The number of sulfone groups is 1. The molecule has 6 heteroatoms. The van der Waals surface area contributed by atoms with E-state index in [1.54, 1.807) is 0 Å². The van der Waals surface area contributed by atoms with Crippen LogP contribution in [0.4, 0.5) is 5.69 Å². The van der Waals surface area contributed by atoms with Crippen molar-refractivity contribution in [1.29, 1.82) is 0 Å². The van der Waals surface area contributed by atoms with E-state index >= 15 is 0 Å². The number of aliphatic hydroxyl groups excluding tert-OH is 1. The second-order valence-corrected chi connectivity index (χ2v) is 7.74. The number of aliphatic hydroxyl groups is 1. The lowest BCUT2D eigenvalue weighted by atomic mass is 10.1. The lowest BCUT2D eigenvalue weighted by Crippen LogP contribution is -2.33. The first-order valence-corrected chi connectivity index (χ1v) is 8.37. The van der Waals surface area contributed by atoms with Crippen molar-refractivity contribution >= 4 is 31.5 Å². The monoisotopic (exact) mass is 333 g/mol. The molecule has 0 bridgehead atoms. The fourth-order valence-electron chi connectivity index (χ4n) is 2.30. The molecular formula is C12H16BrNO3S. The van der Waals surface area contributed by atoms with Crippen molar-refractivity contribution < 1.29 is 13.5 Å². The summed E-state index contributed by atoms with van der Waals surface area (Å²) in [5, 5.41) is 9.37. The third-order valence-electron chi connectivity index (χ3n) is 3.35. The lowest BCUT2D eigenvalue weighted by Gasteiger charge is -2.27. The highest BCUT2D eigenvalue weighted by molar-refractivity contribution is 9.10. The highest BCUT2D eigenvalue weighted by Gasteiger charge is 2.31. The Morgan fingerprint density at radius 2 is 2.22 bits per heavy atom. The Balaban J connectivity index is 2.26. The normalized spacial score (nSPS) is 22.1. The lowest BCUT2D eigenvalue weighted by molar-refractivity contribution is 0.282. The van der Waals surface area contributed by atoms with Gasteiger partial charge < -0.3 is 10.0 Å². The number of anilines is 1. The van der Waals surface area contributed by atoms with Crippen molar-refractivity contribution in [2.45, 2.75) is 19.1 Å². The zero-order valence-electron chi connectivity index (χ0n) is 10.1. The van der Waals surface area contributed by atoms with Crippen LogP contribution in [0.15, 0.2) is 22.7 Å². The quantitative estimate of drug-likeness (QED) is 0.912. The fourth-order valence-corrected chi connectivity index (χ4v) is 4.49. The van der Waals surface area contributed by atoms with Gasteiger partial charge in [0, 0.05) is 28.8 Å². The molecule has 1 aromatic rings. The largest absolute Gasteiger partial charge is 0.392 e. The summed E-state index contributed by atoms with van der Waals surface area (Å²) < 4.78 is 23.9. The number of hydrogen-bond donors (Lipinski definition) is 1. The Morgan fingerprint density at radius 3 is 2.78 bits per heavy atom. The van der Waals surface area contributed by atoms with Crippen LogP contribution in [-0.2, 0) is 16.4 Å². The number of nitrogens with zero attached hydrogens (tertiary/aromatic N) is 1. The van der Waals surface area contributed by atoms with Gasteiger partial charge in [-0.3, -0.25) is 0 Å². The van der Waals surface area contributed by atoms with Gasteiger partial charge in [0.25, 0.3) is 0 Å². The summed E-state index contributed by atoms with van der Waals surface area (Å²) in [5.41, 5.74) is 1.69. The summed E-state index contributed by atoms with van der Waals surface area (Å²) in [7, 11) is -1.01. The zero-order valence-corrected chi connectivity index (χ0v) is 12.5. The van der Waals surface area contributed by atoms with Gasteiger partial charge in [0.1, 0.15) is 0 Å². The van der Waals surface area contributed by atoms with Crippen LogP contribution in [0.3, 0.4) is 0 Å². The summed E-state index contributed by atoms with van der Waals surface area (Å²) in [6.45, 7) is -0.0570. The molecule has 100 valence electrons. The summed E-state index contributed by atoms with van der Waals surface area (Å²) in [5.74, 6) is 0.456. The number of benzene rings is 1. The van der Waals surface area contributed by atoms with Gasteiger partial charge in [-0.15, -0.1) is 0 Å². The van der Waals surface area contributed by atoms with E-state index in [2.05, 4.69) is 15.9 Å². The van der Waals surface area contributed by atoms with Crippen molar-refractivity contribution in [3.8, 4) is 0 Å². The summed E-state index contributed by atoms with van der Waals surface area (Å²) >= 11 is 3.36. The first-order chi connectivity index (χ1) is 8.43. The van der Waals surface area contributed by atoms with Crippen LogP contribution in [0.1, 0.15) is 12.0 Å². The molecule has 1 unspecified atom stereocenters. The predicted molar refractivity (Wildman–Crippen MR) is 75.5 cm³/mol. The van der Waals surface area contributed by atoms with Gasteiger partial charge in [0.15, 0.2) is 9.84 Å². The molecule has 2 rings (SSSR count). The first kappa shape index (κ1) is 13.8. The Hall–Kier alpha value is -0.590. The Kier molecular flexibility index (Phi) is 3.99. The van der Waals surface area contributed by atoms with Crippen LogP contribution in [0, 0.1) is 0 Å². The van der Waals surface area contributed by atoms with Crippen LogP contribution in [0.5, 0.6) is 0 Å². The van der Waals surface area contributed by atoms with Crippen molar-refractivity contribution in [3.05, 3.63) is 28.2 Å². The van der Waals surface area contributed by atoms with Crippen LogP contribution < -0.4 is 4.90 Å². The van der Waals surface area contributed by atoms with Gasteiger partial charge in [-0.25, -0.2) is 8.42 Å². The van der Waals surface area contributed by atoms with E-state index in [4.69, 9.17) is 0 Å². The van der Waals surface area contributed by atoms with E-state index in [1.165, 1.54) is 0 Å². The van der Waals surface area contributed by atoms with Crippen molar-refractivity contribution in [3.63, 3.8) is 0 Å². The fraction of sp³-hybridized carbons (Fsp3) is 0.500. The molecule has 4 nitrogen and oxygen atoms in total. The van der Waals surface area contributed by atoms with Crippen LogP contribution in [0.25, 0.3) is 0 Å². The van der Waals surface area contributed by atoms with E-state index in [9.17, 15) is 13.5 Å². The Bertz CT molecular complexity index is 544. The van der Waals surface area contributed by atoms with Gasteiger partial charge in [-0.2, -0.15) is 0 Å². The third-order valence-corrected chi connectivity index (χ3v) is 5.59. The third kappa shape index (κ3) is 2.87. The molecule has 0 aliphatic carbocycles. The van der Waals surface area contributed by atoms with Crippen molar-refractivity contribution in [1.82, 2.24) is 0 Å². The predicted octanol–water partition coefficient (Wildman–Crippen LogP) is 1.56. The van der Waals surface area contributed by atoms with Crippen LogP contribution in [-0.4, -0.2) is 38.1 Å². The molecule has 1 aromatic carbocycles. The molecular weight excluding hydrogens is 318 g/mol. The minimum Gasteiger partial charge on any atom is -0.392 e. The molecule has 1 fully saturated rings. The molecule has 1 aliphatic rings. The topological polar surface area (TPSA) is 57.6 Å². The van der Waals surface area contributed by atoms with E-state index in [0.717, 1.165) is 15.7 Å². The Morgan fingerprint density at radius 1 is 1.50 bits per heavy atom. The van der Waals surface area contributed by atoms with Crippen LogP contribution in [0.2, 0.25) is 0 Å². The van der Waals surface area contributed by atoms with Gasteiger partial charge in [0.2, 0.25) is 0 Å². The molecule has 0 amide bonds. The molecule has 1 aliphatic heterocycles. The standard InChI is InChI=1S/C12H16BrNO3S/c1-14(11-4-5-18(16,17)8-11)12-3-2-10(13)6-9(12)7-15/h2-3,6,11,15H,4-5,7-8H2,1H3. The van der Waals surface area contributed by atoms with Crippen molar-refractivity contribution in [2.75, 3.05) is 23.5 Å². The zero-order chi connectivity index (χ0) is 13.3. The van der Waals surface area contributed by atoms with Crippen molar-refractivity contribution in [2.24, 2.45) is 0 Å². The minimum absolute atomic E-state index is 0.00137. The molecule has 0 spiro atoms. The number of halogens is 1. The molecule has 18 heavy (non-hydrogen) atoms. The highest BCUT2D eigenvalue weighted by Crippen LogP contribution is 2.28. The molecule has 1 atom stereocenters. The highest BCUT2D eigenvalue weighted by atomic mass is 79.9. The average molecular weight is 334 g/mol. The average Bonchev–Trinajstić information content (AvgIpc) is 2.68. The number of rotatable bonds is 3. The van der Waals surface area contributed by atoms with E-state index in [-0.39, 0.29) is 24.2 Å². The van der Waals surface area contributed by atoms with Gasteiger partial charge in [-0.05, 0) is 24.6 Å². The maximum atomic E-state index is 11.5. The van der Waals surface area contributed by atoms with Gasteiger partial charge in [0.05, 0.1) is 18.1 Å². The summed E-state index contributed by atoms with van der Waals surface area (Å²) in [6, 6.07) is 5.66. The summed E-state index contributed by atoms with van der Waals surface area (Å²) in [6.07, 6.45) is 0.653.